The van der Waals surface area contributed by atoms with Crippen LogP contribution in [0.15, 0.2) is 121 Å². The second kappa shape index (κ2) is 61.7. The van der Waals surface area contributed by atoms with Crippen molar-refractivity contribution in [3.8, 4) is 46.0 Å². The Bertz CT molecular complexity index is 4050. The number of alkyl halides is 1. The number of hydrogen-bond acceptors (Lipinski definition) is 19. The first-order chi connectivity index (χ1) is 55.0. The number of nitrogen functional groups attached to an aromatic ring is 1. The number of benzene rings is 7. The Labute approximate surface area is 745 Å². The van der Waals surface area contributed by atoms with E-state index >= 15 is 0 Å². The molecule has 7 aromatic rings. The van der Waals surface area contributed by atoms with E-state index in [0.29, 0.717) is 126 Å². The molecule has 0 atom stereocenters. The maximum atomic E-state index is 12.8. The summed E-state index contributed by atoms with van der Waals surface area (Å²) < 4.78 is 60.7. The monoisotopic (exact) mass is 1880 g/mol. The van der Waals surface area contributed by atoms with Crippen molar-refractivity contribution in [2.45, 2.75) is 203 Å². The molecule has 642 valence electrons. The van der Waals surface area contributed by atoms with Crippen LogP contribution < -0.4 is 73.1 Å². The number of ether oxygens (including phenoxy) is 11. The summed E-state index contributed by atoms with van der Waals surface area (Å²) in [6, 6.07) is 32.0. The van der Waals surface area contributed by atoms with Crippen molar-refractivity contribution in [2.75, 3.05) is 70.2 Å². The first kappa shape index (κ1) is 109. The zero-order valence-electron chi connectivity index (χ0n) is 70.3. The smallest absolute Gasteiger partial charge is 0.870 e. The summed E-state index contributed by atoms with van der Waals surface area (Å²) in [4.78, 5) is 70.6. The molecule has 7 N–H and O–H groups in total. The summed E-state index contributed by atoms with van der Waals surface area (Å²) in [5.41, 5.74) is 8.92. The van der Waals surface area contributed by atoms with Gasteiger partial charge in [0.05, 0.1) is 87.3 Å². The number of anilines is 3. The van der Waals surface area contributed by atoms with Crippen LogP contribution in [0.4, 0.5) is 17.1 Å². The summed E-state index contributed by atoms with van der Waals surface area (Å²) >= 11 is 31.0. The molecule has 0 spiro atoms. The average molecular weight is 1880 g/mol. The van der Waals surface area contributed by atoms with E-state index < -0.39 is 17.9 Å². The molecule has 30 heteroatoms. The van der Waals surface area contributed by atoms with Crippen molar-refractivity contribution < 1.29 is 115 Å². The zero-order valence-corrected chi connectivity index (χ0v) is 77.1. The number of esters is 2. The summed E-state index contributed by atoms with van der Waals surface area (Å²) in [5, 5.41) is 25.1. The Morgan fingerprint density at radius 1 is 0.410 bits per heavy atom. The molecule has 8 rings (SSSR count). The van der Waals surface area contributed by atoms with Gasteiger partial charge < -0.3 is 84.2 Å². The zero-order chi connectivity index (χ0) is 86.1. The van der Waals surface area contributed by atoms with Gasteiger partial charge in [0.2, 0.25) is 0 Å². The molecule has 1 heterocycles. The summed E-state index contributed by atoms with van der Waals surface area (Å²) in [7, 11) is 2.66. The van der Waals surface area contributed by atoms with Gasteiger partial charge in [-0.15, -0.1) is 0 Å². The van der Waals surface area contributed by atoms with Gasteiger partial charge in [0, 0.05) is 49.8 Å². The molecule has 23 nitrogen and oxygen atoms in total. The Morgan fingerprint density at radius 3 is 0.923 bits per heavy atom. The molecule has 0 radical (unpaired) electrons. The Kier molecular flexibility index (Phi) is 57.7. The van der Waals surface area contributed by atoms with Crippen LogP contribution in [-0.4, -0.2) is 134 Å². The molecule has 0 aliphatic carbocycles. The number of nitrogens with one attached hydrogen (secondary N) is 2. The predicted molar refractivity (Wildman–Crippen MR) is 475 cm³/mol. The maximum Gasteiger partial charge on any atom is 1.00 e. The van der Waals surface area contributed by atoms with Crippen molar-refractivity contribution in [3.63, 3.8) is 0 Å². The van der Waals surface area contributed by atoms with E-state index in [-0.39, 0.29) is 77.7 Å². The van der Waals surface area contributed by atoms with Crippen molar-refractivity contribution in [3.05, 3.63) is 178 Å². The normalized spacial score (nSPS) is 10.8. The van der Waals surface area contributed by atoms with Gasteiger partial charge in [-0.2, -0.15) is 0 Å². The van der Waals surface area contributed by atoms with Crippen molar-refractivity contribution in [2.24, 2.45) is 0 Å². The molecule has 117 heavy (non-hydrogen) atoms. The first-order valence-corrected chi connectivity index (χ1v) is 42.2. The van der Waals surface area contributed by atoms with E-state index in [4.69, 9.17) is 105 Å². The number of nitrogens with two attached hydrogens (primary N) is 1. The summed E-state index contributed by atoms with van der Waals surface area (Å²) in [5.74, 6) is 0.120. The van der Waals surface area contributed by atoms with Gasteiger partial charge in [-0.05, 0) is 249 Å². The molecule has 2 amide bonds. The van der Waals surface area contributed by atoms with Gasteiger partial charge in [0.1, 0.15) is 66.1 Å². The maximum absolute atomic E-state index is 12.8. The number of rotatable bonds is 34. The van der Waals surface area contributed by atoms with Gasteiger partial charge in [-0.3, -0.25) is 9.59 Å². The van der Waals surface area contributed by atoms with E-state index in [1.54, 1.807) is 72.8 Å². The molecule has 1 aliphatic heterocycles. The second-order valence-corrected chi connectivity index (χ2v) is 29.1. The minimum atomic E-state index is -1.04. The van der Waals surface area contributed by atoms with Crippen LogP contribution in [-0.2, 0) is 14.2 Å². The standard InChI is InChI=1S/C22H26ClNO5.C21H24ClNO5.C14H19ClO4.C13H18ClIO2.C8H9NO2.C5H11Br.C4H8O.Li.H2O/c1-5-17(6-2)29-19-13-15(12-18(20(19)23)28-7-3)21(25)24-16-10-8-14(9-11-16)22(26)27-4;1-4-16(5-2)28-18-12-14(11-17(19(18)22)27-6-3)20(24)23-15-9-7-13(8-10-15)21(25)26;1-4-10(5-2)19-12-8-9(14(16)17)7-11(13(12)15)18-6-3;1-4-10(5-2)17-12-8-9(15)7-11(13(12)14)16-6-3;1-11-8(10)6-2-4-7(9)5-3-6;1-3-5(6)4-2;1-2-4-5-3-1;;/h8-13,17H,5-7H2,1-4H3,(H,24,25);7-12,16H,4-6H2,1-3H3,(H,23,24)(H,25,26);7-8,10H,4-6H2,1-3H3,(H,16,17);7-8,10H,4-6H2,1-3H3;2-5H,9H2,1H3;5H,3-4H2,1-2H3;1-4H2;;1H2/q;;;;;;;+1;/p-1. The van der Waals surface area contributed by atoms with Gasteiger partial charge in [-0.25, -0.2) is 19.2 Å². The molecular formula is C87H116BrCl4ILiN3O20. The molecule has 1 fully saturated rings. The Morgan fingerprint density at radius 2 is 0.667 bits per heavy atom. The van der Waals surface area contributed by atoms with E-state index in [1.165, 1.54) is 76.3 Å². The predicted octanol–water partition coefficient (Wildman–Crippen LogP) is 20.8. The molecule has 0 unspecified atom stereocenters. The average Bonchev–Trinajstić information content (AvgIpc) is 1.02. The van der Waals surface area contributed by atoms with Gasteiger partial charge >= 0.3 is 42.7 Å². The third kappa shape index (κ3) is 39.9. The van der Waals surface area contributed by atoms with Crippen LogP contribution >= 0.6 is 84.9 Å². The summed E-state index contributed by atoms with van der Waals surface area (Å²) in [6.07, 6.45) is 12.1. The van der Waals surface area contributed by atoms with E-state index in [9.17, 15) is 28.8 Å². The number of amides is 2. The number of hydrogen-bond donors (Lipinski definition) is 5. The van der Waals surface area contributed by atoms with Crippen LogP contribution in [0.3, 0.4) is 0 Å². The molecule has 7 aromatic carbocycles. The topological polar surface area (TPSA) is 324 Å². The van der Waals surface area contributed by atoms with Crippen LogP contribution in [0.1, 0.15) is 236 Å². The minimum absolute atomic E-state index is 0. The quantitative estimate of drug-likeness (QED) is 0.00822. The fourth-order valence-electron chi connectivity index (χ4n) is 10.0. The van der Waals surface area contributed by atoms with E-state index in [2.05, 4.69) is 86.3 Å². The van der Waals surface area contributed by atoms with Crippen LogP contribution in [0.25, 0.3) is 0 Å². The number of carboxylic acid groups (broad SMARTS) is 2. The molecule has 1 aliphatic rings. The molecular weight excluding hydrogens is 1760 g/mol. The summed E-state index contributed by atoms with van der Waals surface area (Å²) in [6.45, 7) is 31.9. The number of carboxylic acids is 2. The molecule has 0 aromatic heterocycles. The first-order valence-electron chi connectivity index (χ1n) is 38.7. The second-order valence-electron chi connectivity index (χ2n) is 25.0. The Hall–Kier alpha value is -7.55. The molecule has 0 bridgehead atoms. The van der Waals surface area contributed by atoms with Crippen LogP contribution in [0.2, 0.25) is 20.1 Å². The van der Waals surface area contributed by atoms with Crippen LogP contribution in [0.5, 0.6) is 46.0 Å². The van der Waals surface area contributed by atoms with E-state index in [1.807, 2.05) is 81.4 Å². The molecule has 1 saturated heterocycles. The van der Waals surface area contributed by atoms with Gasteiger partial charge in [0.15, 0.2) is 0 Å². The molecule has 0 saturated carbocycles. The number of carbonyl (C=O) groups excluding carboxylic acids is 4. The number of aromatic carboxylic acids is 2. The van der Waals surface area contributed by atoms with Crippen molar-refractivity contribution in [1.82, 2.24) is 0 Å². The number of carbonyl (C=O) groups is 6. The van der Waals surface area contributed by atoms with Crippen LogP contribution in [0, 0.1) is 3.57 Å². The van der Waals surface area contributed by atoms with Crippen molar-refractivity contribution >= 4 is 138 Å². The number of methoxy groups -OCH3 is 2. The third-order valence-electron chi connectivity index (χ3n) is 16.8. The number of halogens is 6. The fourth-order valence-corrected chi connectivity index (χ4v) is 11.4. The SMILES string of the molecule is C1CCOC1.CCC(Br)CC.CCOc1cc(C(=O)Nc2ccc(C(=O)O)cc2)cc(OC(CC)CC)c1Cl.CCOc1cc(C(=O)Nc2ccc(C(=O)OC)cc2)cc(OC(CC)CC)c1Cl.CCOc1cc(C(=O)O)cc(OC(CC)CC)c1Cl.CCOc1cc(I)cc(OC(CC)CC)c1Cl.COC(=O)c1ccc(N)cc1.[Li+].[OH-]. The van der Waals surface area contributed by atoms with Gasteiger partial charge in [0.25, 0.3) is 11.8 Å². The third-order valence-corrected chi connectivity index (χ3v) is 20.2. The largest absolute Gasteiger partial charge is 1.00 e. The van der Waals surface area contributed by atoms with E-state index in [0.717, 1.165) is 78.7 Å². The minimum Gasteiger partial charge on any atom is -0.870 e. The van der Waals surface area contributed by atoms with Crippen molar-refractivity contribution in [1.29, 1.82) is 0 Å². The Balaban J connectivity index is 0.00000142. The van der Waals surface area contributed by atoms with Gasteiger partial charge in [-0.1, -0.05) is 132 Å². The fraction of sp³-hybridized carbons (Fsp3) is 0.448.